The van der Waals surface area contributed by atoms with Gasteiger partial charge >= 0.3 is 0 Å². The summed E-state index contributed by atoms with van der Waals surface area (Å²) in [6.07, 6.45) is 0. The first kappa shape index (κ1) is 68.4. The molecule has 7 heteroatoms. The molecule has 0 spiro atoms. The molecule has 0 aliphatic carbocycles. The number of rotatable bonds is 21. The lowest BCUT2D eigenvalue weighted by Gasteiger charge is -2.31. The lowest BCUT2D eigenvalue weighted by molar-refractivity contribution is 1.23. The molecule has 0 amide bonds. The van der Waals surface area contributed by atoms with Gasteiger partial charge in [-0.1, -0.05) is 237 Å². The number of nitrogens with zero attached hydrogens (tertiary/aromatic N) is 7. The molecule has 113 heavy (non-hydrogen) atoms. The fourth-order valence-corrected chi connectivity index (χ4v) is 16.1. The predicted octanol–water partition coefficient (Wildman–Crippen LogP) is 30.6. The van der Waals surface area contributed by atoms with E-state index in [0.717, 1.165) is 119 Å². The smallest absolute Gasteiger partial charge is 0.0540 e. The summed E-state index contributed by atoms with van der Waals surface area (Å²) >= 11 is 0. The second-order valence-electron chi connectivity index (χ2n) is 28.1. The van der Waals surface area contributed by atoms with E-state index in [1.165, 1.54) is 43.1 Å². The van der Waals surface area contributed by atoms with Crippen LogP contribution >= 0.6 is 0 Å². The van der Waals surface area contributed by atoms with Gasteiger partial charge in [0.1, 0.15) is 0 Å². The third kappa shape index (κ3) is 13.6. The minimum absolute atomic E-state index is 1.03. The van der Waals surface area contributed by atoms with Gasteiger partial charge in [-0.15, -0.1) is 0 Å². The molecule has 0 aromatic heterocycles. The Bertz CT molecular complexity index is 5910. The van der Waals surface area contributed by atoms with Crippen LogP contribution in [0.1, 0.15) is 0 Å². The zero-order valence-corrected chi connectivity index (χ0v) is 62.1. The summed E-state index contributed by atoms with van der Waals surface area (Å²) in [6, 6.07) is 168. The number of anilines is 21. The number of fused-ring (bicyclic) bond motifs is 4. The summed E-state index contributed by atoms with van der Waals surface area (Å²) in [5.41, 5.74) is 22.2. The van der Waals surface area contributed by atoms with Crippen LogP contribution in [-0.2, 0) is 0 Å². The van der Waals surface area contributed by atoms with Crippen molar-refractivity contribution < 1.29 is 0 Å². The quantitative estimate of drug-likeness (QED) is 0.0706. The fraction of sp³-hybridized carbons (Fsp3) is 0. The lowest BCUT2D eigenvalue weighted by Crippen LogP contribution is -2.14. The van der Waals surface area contributed by atoms with Gasteiger partial charge in [-0.2, -0.15) is 0 Å². The van der Waals surface area contributed by atoms with Crippen LogP contribution in [0.25, 0.3) is 43.1 Å². The van der Waals surface area contributed by atoms with Crippen LogP contribution in [0.5, 0.6) is 0 Å². The van der Waals surface area contributed by atoms with Crippen LogP contribution in [-0.4, -0.2) is 0 Å². The second kappa shape index (κ2) is 30.8. The standard InChI is InChI=1S/C106H77N7/c1-6-36-82(37-7-1)107(87-54-58-89(59-55-87)108(83-38-8-2-9-39-83)91-62-66-93(67-63-91)110(85-42-12-4-13-43-85)95-70-74-97(75-71-95)112(103-50-24-32-78-28-16-20-46-99(78)103)104-51-25-33-79-29-17-21-47-100(79)104)88-56-60-90(61-57-88)109(84-40-10-3-11-41-84)92-64-68-94(69-65-92)111(86-44-14-5-15-45-86)96-72-76-98(77-73-96)113(105-52-26-34-80-30-18-22-48-101(80)105)106-53-27-35-81-31-19-23-49-102(81)106/h1-77H. The summed E-state index contributed by atoms with van der Waals surface area (Å²) in [4.78, 5) is 16.5. The minimum Gasteiger partial charge on any atom is -0.311 e. The van der Waals surface area contributed by atoms with E-state index in [0.29, 0.717) is 0 Å². The van der Waals surface area contributed by atoms with Gasteiger partial charge < -0.3 is 34.3 Å². The normalized spacial score (nSPS) is 11.2. The Labute approximate surface area is 659 Å². The number of hydrogen-bond acceptors (Lipinski definition) is 7. The van der Waals surface area contributed by atoms with Crippen LogP contribution in [0.4, 0.5) is 119 Å². The van der Waals surface area contributed by atoms with Crippen LogP contribution in [0.3, 0.4) is 0 Å². The highest BCUT2D eigenvalue weighted by molar-refractivity contribution is 6.07. The Kier molecular flexibility index (Phi) is 18.6. The van der Waals surface area contributed by atoms with Gasteiger partial charge in [-0.25, -0.2) is 0 Å². The van der Waals surface area contributed by atoms with Gasteiger partial charge in [-0.05, 0) is 252 Å². The minimum atomic E-state index is 1.03. The van der Waals surface area contributed by atoms with Crippen molar-refractivity contribution in [1.29, 1.82) is 0 Å². The van der Waals surface area contributed by atoms with Crippen molar-refractivity contribution in [3.05, 3.63) is 467 Å². The van der Waals surface area contributed by atoms with E-state index in [-0.39, 0.29) is 0 Å². The highest BCUT2D eigenvalue weighted by Gasteiger charge is 2.25. The third-order valence-corrected chi connectivity index (χ3v) is 21.3. The Morgan fingerprint density at radius 3 is 0.381 bits per heavy atom. The highest BCUT2D eigenvalue weighted by Crippen LogP contribution is 2.49. The number of benzene rings is 19. The maximum Gasteiger partial charge on any atom is 0.0540 e. The molecule has 19 rings (SSSR count). The molecule has 0 heterocycles. The summed E-state index contributed by atoms with van der Waals surface area (Å²) < 4.78 is 0. The van der Waals surface area contributed by atoms with E-state index >= 15 is 0 Å². The summed E-state index contributed by atoms with van der Waals surface area (Å²) in [5.74, 6) is 0. The van der Waals surface area contributed by atoms with Gasteiger partial charge in [-0.3, -0.25) is 0 Å². The van der Waals surface area contributed by atoms with Crippen LogP contribution in [0.2, 0.25) is 0 Å². The monoisotopic (exact) mass is 1450 g/mol. The van der Waals surface area contributed by atoms with E-state index in [1.54, 1.807) is 0 Å². The lowest BCUT2D eigenvalue weighted by atomic mass is 10.0. The van der Waals surface area contributed by atoms with E-state index in [2.05, 4.69) is 501 Å². The molecule has 7 nitrogen and oxygen atoms in total. The molecule has 0 N–H and O–H groups in total. The molecule has 0 saturated heterocycles. The van der Waals surface area contributed by atoms with Crippen LogP contribution < -0.4 is 34.3 Å². The maximum atomic E-state index is 2.41. The summed E-state index contributed by atoms with van der Waals surface area (Å²) in [7, 11) is 0. The molecular weight excluding hydrogens is 1370 g/mol. The predicted molar refractivity (Wildman–Crippen MR) is 479 cm³/mol. The van der Waals surface area contributed by atoms with Gasteiger partial charge in [0.05, 0.1) is 22.7 Å². The summed E-state index contributed by atoms with van der Waals surface area (Å²) in [6.45, 7) is 0. The van der Waals surface area contributed by atoms with Crippen molar-refractivity contribution in [3.8, 4) is 0 Å². The number of hydrogen-bond donors (Lipinski definition) is 0. The fourth-order valence-electron chi connectivity index (χ4n) is 16.1. The Morgan fingerprint density at radius 2 is 0.212 bits per heavy atom. The first-order chi connectivity index (χ1) is 56.1. The van der Waals surface area contributed by atoms with Crippen molar-refractivity contribution in [2.75, 3.05) is 34.3 Å². The molecule has 0 radical (unpaired) electrons. The Balaban J connectivity index is 0.620. The Hall–Kier alpha value is -15.2. The first-order valence-corrected chi connectivity index (χ1v) is 38.5. The molecule has 19 aromatic carbocycles. The average molecular weight is 1450 g/mol. The zero-order chi connectivity index (χ0) is 75.2. The van der Waals surface area contributed by atoms with Gasteiger partial charge in [0, 0.05) is 118 Å². The van der Waals surface area contributed by atoms with E-state index in [9.17, 15) is 0 Å². The van der Waals surface area contributed by atoms with Gasteiger partial charge in [0.25, 0.3) is 0 Å². The van der Waals surface area contributed by atoms with E-state index < -0.39 is 0 Å². The molecule has 0 fully saturated rings. The second-order valence-corrected chi connectivity index (χ2v) is 28.1. The molecular formula is C106H77N7. The molecule has 0 saturated carbocycles. The summed E-state index contributed by atoms with van der Waals surface area (Å²) in [5, 5.41) is 9.52. The van der Waals surface area contributed by atoms with Crippen molar-refractivity contribution in [2.45, 2.75) is 0 Å². The SMILES string of the molecule is c1ccc(N(c2ccc(N(c3ccccc3)c3ccc(N(c4ccccc4)c4ccc(N(c5cccc6ccccc56)c5cccc6ccccc56)cc4)cc3)cc2)c2ccc(N(c3ccccc3)c3ccc(N(c4ccccc4)c4ccc(N(c5cccc6ccccc56)c5cccc6ccccc56)cc4)cc3)cc2)cc1. The topological polar surface area (TPSA) is 22.7 Å². The van der Waals surface area contributed by atoms with Crippen LogP contribution in [0.15, 0.2) is 467 Å². The average Bonchev–Trinajstić information content (AvgIpc) is 0.756. The van der Waals surface area contributed by atoms with Crippen LogP contribution in [0, 0.1) is 0 Å². The van der Waals surface area contributed by atoms with Crippen molar-refractivity contribution in [2.24, 2.45) is 0 Å². The largest absolute Gasteiger partial charge is 0.311 e. The highest BCUT2D eigenvalue weighted by atomic mass is 15.2. The number of para-hydroxylation sites is 5. The molecule has 0 unspecified atom stereocenters. The molecule has 536 valence electrons. The first-order valence-electron chi connectivity index (χ1n) is 38.5. The van der Waals surface area contributed by atoms with Crippen molar-refractivity contribution in [1.82, 2.24) is 0 Å². The zero-order valence-electron chi connectivity index (χ0n) is 62.1. The van der Waals surface area contributed by atoms with Gasteiger partial charge in [0.15, 0.2) is 0 Å². The van der Waals surface area contributed by atoms with Gasteiger partial charge in [0.2, 0.25) is 0 Å². The third-order valence-electron chi connectivity index (χ3n) is 21.3. The van der Waals surface area contributed by atoms with E-state index in [4.69, 9.17) is 0 Å². The molecule has 19 aromatic rings. The Morgan fingerprint density at radius 1 is 0.0885 bits per heavy atom. The molecule has 0 atom stereocenters. The molecule has 0 bridgehead atoms. The molecule has 0 aliphatic rings. The van der Waals surface area contributed by atoms with E-state index in [1.807, 2.05) is 0 Å². The van der Waals surface area contributed by atoms with Crippen molar-refractivity contribution >= 4 is 163 Å². The van der Waals surface area contributed by atoms with Crippen molar-refractivity contribution in [3.63, 3.8) is 0 Å². The maximum absolute atomic E-state index is 2.41. The molecule has 0 aliphatic heterocycles.